The van der Waals surface area contributed by atoms with E-state index in [9.17, 15) is 40.9 Å². The molecule has 2 aliphatic heterocycles. The van der Waals surface area contributed by atoms with Crippen molar-refractivity contribution in [2.45, 2.75) is 61.0 Å². The van der Waals surface area contributed by atoms with Gasteiger partial charge in [-0.15, -0.1) is 5.10 Å². The minimum Gasteiger partial charge on any atom is -0.394 e. The van der Waals surface area contributed by atoms with E-state index in [1.807, 2.05) is 0 Å². The zero-order valence-electron chi connectivity index (χ0n) is 17.3. The van der Waals surface area contributed by atoms with Crippen LogP contribution in [-0.4, -0.2) is 118 Å². The molecule has 13 heteroatoms. The van der Waals surface area contributed by atoms with Crippen LogP contribution in [0.2, 0.25) is 0 Å². The highest BCUT2D eigenvalue weighted by atomic mass is 16.6. The summed E-state index contributed by atoms with van der Waals surface area (Å²) in [7, 11) is 0. The fraction of sp³-hybridized carbons (Fsp3) is 0.600. The summed E-state index contributed by atoms with van der Waals surface area (Å²) in [6.07, 6.45) is -11.6. The first-order chi connectivity index (χ1) is 15.8. The van der Waals surface area contributed by atoms with Crippen molar-refractivity contribution in [2.75, 3.05) is 13.2 Å². The second kappa shape index (κ2) is 9.68. The zero-order valence-corrected chi connectivity index (χ0v) is 17.3. The molecule has 0 radical (unpaired) electrons. The van der Waals surface area contributed by atoms with Gasteiger partial charge in [0.15, 0.2) is 0 Å². The van der Waals surface area contributed by atoms with Crippen LogP contribution >= 0.6 is 0 Å². The van der Waals surface area contributed by atoms with E-state index in [1.54, 1.807) is 24.3 Å². The van der Waals surface area contributed by atoms with Crippen molar-refractivity contribution in [2.24, 2.45) is 0 Å². The normalized spacial score (nSPS) is 39.5. The van der Waals surface area contributed by atoms with E-state index in [2.05, 4.69) is 10.3 Å². The van der Waals surface area contributed by atoms with Crippen molar-refractivity contribution >= 4 is 0 Å². The van der Waals surface area contributed by atoms with Crippen molar-refractivity contribution in [3.8, 4) is 5.69 Å². The maximum absolute atomic E-state index is 10.3. The molecule has 8 N–H and O–H groups in total. The Hall–Kier alpha value is -2.04. The average molecular weight is 469 g/mol. The Morgan fingerprint density at radius 3 is 1.76 bits per heavy atom. The van der Waals surface area contributed by atoms with Gasteiger partial charge in [0.2, 0.25) is 0 Å². The molecule has 2 aromatic rings. The first-order valence-corrected chi connectivity index (χ1v) is 10.4. The summed E-state index contributed by atoms with van der Waals surface area (Å²) in [5, 5.41) is 86.9. The van der Waals surface area contributed by atoms with Crippen molar-refractivity contribution in [3.63, 3.8) is 0 Å². The van der Waals surface area contributed by atoms with E-state index < -0.39 is 74.3 Å². The summed E-state index contributed by atoms with van der Waals surface area (Å²) in [6.45, 7) is -1.09. The Balaban J connectivity index is 1.52. The summed E-state index contributed by atoms with van der Waals surface area (Å²) in [4.78, 5) is 0. The Bertz CT molecular complexity index is 923. The number of benzene rings is 1. The molecule has 4 rings (SSSR count). The molecule has 2 fully saturated rings. The van der Waals surface area contributed by atoms with Crippen LogP contribution in [0.15, 0.2) is 30.5 Å². The molecule has 10 unspecified atom stereocenters. The Kier molecular flexibility index (Phi) is 7.07. The van der Waals surface area contributed by atoms with Crippen molar-refractivity contribution in [1.82, 2.24) is 15.0 Å². The molecule has 1 aromatic carbocycles. The van der Waals surface area contributed by atoms with E-state index in [0.29, 0.717) is 11.3 Å². The van der Waals surface area contributed by atoms with Crippen molar-refractivity contribution < 1.29 is 50.3 Å². The summed E-state index contributed by atoms with van der Waals surface area (Å²) < 4.78 is 12.4. The van der Waals surface area contributed by atoms with Crippen LogP contribution in [0.3, 0.4) is 0 Å². The average Bonchev–Trinajstić information content (AvgIpc) is 3.32. The second-order valence-electron chi connectivity index (χ2n) is 8.18. The fourth-order valence-corrected chi connectivity index (χ4v) is 4.07. The van der Waals surface area contributed by atoms with Gasteiger partial charge in [-0.1, -0.05) is 17.3 Å². The first kappa shape index (κ1) is 24.1. The molecule has 2 saturated heterocycles. The molecule has 0 bridgehead atoms. The number of rotatable bonds is 5. The number of aliphatic hydroxyl groups is 8. The number of aliphatic hydroxyl groups excluding tert-OH is 8. The molecular weight excluding hydrogens is 442 g/mol. The zero-order chi connectivity index (χ0) is 23.9. The van der Waals surface area contributed by atoms with Gasteiger partial charge >= 0.3 is 0 Å². The number of nitrogens with zero attached hydrogens (tertiary/aromatic N) is 3. The molecular formula is C20H27N3O10. The molecule has 10 atom stereocenters. The fourth-order valence-electron chi connectivity index (χ4n) is 4.07. The van der Waals surface area contributed by atoms with Crippen LogP contribution in [0.25, 0.3) is 5.69 Å². The third-order valence-electron chi connectivity index (χ3n) is 6.07. The van der Waals surface area contributed by atoms with Crippen LogP contribution in [0.1, 0.15) is 23.5 Å². The van der Waals surface area contributed by atoms with Crippen LogP contribution < -0.4 is 0 Å². The van der Waals surface area contributed by atoms with Gasteiger partial charge in [-0.25, -0.2) is 4.68 Å². The molecule has 3 heterocycles. The van der Waals surface area contributed by atoms with Crippen molar-refractivity contribution in [1.29, 1.82) is 0 Å². The summed E-state index contributed by atoms with van der Waals surface area (Å²) in [6, 6.07) is 6.47. The van der Waals surface area contributed by atoms with E-state index in [0.717, 1.165) is 0 Å². The third kappa shape index (κ3) is 4.40. The lowest BCUT2D eigenvalue weighted by atomic mass is 9.91. The van der Waals surface area contributed by atoms with Gasteiger partial charge in [0, 0.05) is 0 Å². The standard InChI is InChI=1S/C20H27N3O10/c24-6-11-13(26)15(28)17(30)19(32-11)8-1-3-9(4-2-8)23-5-10(21-22-23)20-18(31)16(29)14(27)12(7-25)33-20/h1-5,11-20,24-31H,6-7H2. The summed E-state index contributed by atoms with van der Waals surface area (Å²) in [5.41, 5.74) is 1.20. The quantitative estimate of drug-likeness (QED) is 0.213. The number of aromatic nitrogens is 3. The minimum atomic E-state index is -1.54. The van der Waals surface area contributed by atoms with E-state index in [4.69, 9.17) is 9.47 Å². The molecule has 2 aliphatic rings. The van der Waals surface area contributed by atoms with Gasteiger partial charge in [0.1, 0.15) is 66.7 Å². The lowest BCUT2D eigenvalue weighted by Crippen LogP contribution is -2.55. The van der Waals surface area contributed by atoms with Crippen LogP contribution in [0.5, 0.6) is 0 Å². The monoisotopic (exact) mass is 469 g/mol. The molecule has 0 amide bonds. The lowest BCUT2D eigenvalue weighted by Gasteiger charge is -2.40. The maximum atomic E-state index is 10.3. The Morgan fingerprint density at radius 1 is 0.697 bits per heavy atom. The topological polar surface area (TPSA) is 211 Å². The van der Waals surface area contributed by atoms with Crippen LogP contribution in [-0.2, 0) is 9.47 Å². The lowest BCUT2D eigenvalue weighted by molar-refractivity contribution is -0.232. The van der Waals surface area contributed by atoms with E-state index in [-0.39, 0.29) is 5.69 Å². The van der Waals surface area contributed by atoms with E-state index in [1.165, 1.54) is 10.9 Å². The predicted octanol–water partition coefficient (Wildman–Crippen LogP) is -3.70. The van der Waals surface area contributed by atoms with Gasteiger partial charge in [0.25, 0.3) is 0 Å². The number of hydrogen-bond donors (Lipinski definition) is 8. The molecule has 1 aromatic heterocycles. The largest absolute Gasteiger partial charge is 0.394 e. The highest BCUT2D eigenvalue weighted by molar-refractivity contribution is 5.35. The van der Waals surface area contributed by atoms with Gasteiger partial charge in [-0.05, 0) is 17.7 Å². The SMILES string of the molecule is OCC1OC(c2ccc(-n3cc(C4OC(CO)C(O)C(O)C4O)nn3)cc2)C(O)C(O)C1O. The Morgan fingerprint density at radius 2 is 1.21 bits per heavy atom. The number of hydrogen-bond acceptors (Lipinski definition) is 12. The Labute approximate surface area is 187 Å². The molecule has 182 valence electrons. The smallest absolute Gasteiger partial charge is 0.132 e. The predicted molar refractivity (Wildman–Crippen MR) is 107 cm³/mol. The summed E-state index contributed by atoms with van der Waals surface area (Å²) >= 11 is 0. The van der Waals surface area contributed by atoms with Crippen molar-refractivity contribution in [3.05, 3.63) is 41.7 Å². The molecule has 33 heavy (non-hydrogen) atoms. The molecule has 0 spiro atoms. The number of ether oxygens (including phenoxy) is 2. The van der Waals surface area contributed by atoms with Crippen LogP contribution in [0.4, 0.5) is 0 Å². The van der Waals surface area contributed by atoms with Gasteiger partial charge in [-0.3, -0.25) is 0 Å². The van der Waals surface area contributed by atoms with Crippen LogP contribution in [0, 0.1) is 0 Å². The second-order valence-corrected chi connectivity index (χ2v) is 8.18. The van der Waals surface area contributed by atoms with E-state index >= 15 is 0 Å². The van der Waals surface area contributed by atoms with Gasteiger partial charge < -0.3 is 50.3 Å². The summed E-state index contributed by atoms with van der Waals surface area (Å²) in [5.74, 6) is 0. The highest BCUT2D eigenvalue weighted by Gasteiger charge is 2.45. The minimum absolute atomic E-state index is 0.171. The molecule has 13 nitrogen and oxygen atoms in total. The maximum Gasteiger partial charge on any atom is 0.132 e. The molecule has 0 saturated carbocycles. The third-order valence-corrected chi connectivity index (χ3v) is 6.07. The highest BCUT2D eigenvalue weighted by Crippen LogP contribution is 2.33. The first-order valence-electron chi connectivity index (χ1n) is 10.4. The van der Waals surface area contributed by atoms with Gasteiger partial charge in [0.05, 0.1) is 25.1 Å². The molecule has 0 aliphatic carbocycles. The van der Waals surface area contributed by atoms with Gasteiger partial charge in [-0.2, -0.15) is 0 Å².